The van der Waals surface area contributed by atoms with Crippen LogP contribution in [-0.2, 0) is 0 Å². The molecule has 1 aliphatic rings. The molecule has 138 valence electrons. The van der Waals surface area contributed by atoms with Crippen LogP contribution in [0.15, 0.2) is 42.5 Å². The van der Waals surface area contributed by atoms with Crippen molar-refractivity contribution in [2.75, 3.05) is 0 Å². The molecule has 0 saturated carbocycles. The first-order valence-electron chi connectivity index (χ1n) is 8.81. The second kappa shape index (κ2) is 6.70. The molecule has 4 nitrogen and oxygen atoms in total. The van der Waals surface area contributed by atoms with Gasteiger partial charge < -0.3 is 4.90 Å². The second-order valence-electron chi connectivity index (χ2n) is 7.10. The van der Waals surface area contributed by atoms with E-state index in [9.17, 15) is 4.79 Å². The quantitative estimate of drug-likeness (QED) is 0.618. The van der Waals surface area contributed by atoms with Gasteiger partial charge in [0.05, 0.1) is 11.7 Å². The van der Waals surface area contributed by atoms with E-state index in [-0.39, 0.29) is 18.0 Å². The molecule has 1 aromatic heterocycles. The molecule has 3 aromatic rings. The Hall–Kier alpha value is -2.30. The van der Waals surface area contributed by atoms with Crippen LogP contribution in [0.4, 0.5) is 0 Å². The zero-order chi connectivity index (χ0) is 19.3. The van der Waals surface area contributed by atoms with Gasteiger partial charge in [0.15, 0.2) is 0 Å². The van der Waals surface area contributed by atoms with Crippen LogP contribution in [0.1, 0.15) is 47.1 Å². The maximum absolute atomic E-state index is 13.1. The maximum Gasteiger partial charge on any atom is 0.273 e. The third-order valence-corrected chi connectivity index (χ3v) is 5.50. The van der Waals surface area contributed by atoms with Gasteiger partial charge in [0, 0.05) is 27.2 Å². The van der Waals surface area contributed by atoms with Crippen LogP contribution in [0.3, 0.4) is 0 Å². The summed E-state index contributed by atoms with van der Waals surface area (Å²) >= 11 is 12.6. The smallest absolute Gasteiger partial charge is 0.273 e. The zero-order valence-electron chi connectivity index (χ0n) is 15.3. The molecule has 0 aliphatic carbocycles. The largest absolute Gasteiger partial charge is 0.324 e. The first-order chi connectivity index (χ1) is 12.9. The third-order valence-electron chi connectivity index (χ3n) is 4.94. The van der Waals surface area contributed by atoms with Gasteiger partial charge in [0.25, 0.3) is 5.91 Å². The highest BCUT2D eigenvalue weighted by Gasteiger charge is 2.44. The fourth-order valence-electron chi connectivity index (χ4n) is 3.66. The Morgan fingerprint density at radius 2 is 1.81 bits per heavy atom. The van der Waals surface area contributed by atoms with Crippen molar-refractivity contribution in [3.8, 4) is 11.3 Å². The van der Waals surface area contributed by atoms with Crippen molar-refractivity contribution in [2.24, 2.45) is 0 Å². The van der Waals surface area contributed by atoms with Gasteiger partial charge in [0.1, 0.15) is 5.69 Å². The molecule has 0 radical (unpaired) electrons. The van der Waals surface area contributed by atoms with Crippen molar-refractivity contribution in [3.05, 3.63) is 74.9 Å². The van der Waals surface area contributed by atoms with Crippen LogP contribution >= 0.6 is 23.2 Å². The van der Waals surface area contributed by atoms with Crippen molar-refractivity contribution in [1.29, 1.82) is 0 Å². The Morgan fingerprint density at radius 3 is 2.44 bits per heavy atom. The molecule has 0 fully saturated rings. The number of nitrogens with zero attached hydrogens (tertiary/aromatic N) is 2. The Morgan fingerprint density at radius 1 is 1.11 bits per heavy atom. The highest BCUT2D eigenvalue weighted by Crippen LogP contribution is 2.45. The molecule has 0 bridgehead atoms. The second-order valence-corrected chi connectivity index (χ2v) is 7.95. The number of hydrogen-bond donors (Lipinski definition) is 1. The summed E-state index contributed by atoms with van der Waals surface area (Å²) in [5.41, 5.74) is 5.14. The average molecular weight is 400 g/mol. The van der Waals surface area contributed by atoms with Gasteiger partial charge in [-0.1, -0.05) is 59.1 Å². The normalized spacial score (nSPS) is 16.3. The van der Waals surface area contributed by atoms with Gasteiger partial charge in [-0.05, 0) is 38.5 Å². The number of amides is 1. The van der Waals surface area contributed by atoms with Crippen LogP contribution in [0.2, 0.25) is 10.0 Å². The molecule has 1 aliphatic heterocycles. The molecule has 0 saturated heterocycles. The lowest BCUT2D eigenvalue weighted by molar-refractivity contribution is 0.0688. The highest BCUT2D eigenvalue weighted by molar-refractivity contribution is 6.35. The summed E-state index contributed by atoms with van der Waals surface area (Å²) in [6.45, 7) is 6.04. The summed E-state index contributed by atoms with van der Waals surface area (Å²) in [6, 6.07) is 13.2. The fraction of sp³-hybridized carbons (Fsp3) is 0.238. The van der Waals surface area contributed by atoms with Crippen LogP contribution in [0.5, 0.6) is 0 Å². The molecule has 6 heteroatoms. The molecule has 0 spiro atoms. The number of halogens is 2. The van der Waals surface area contributed by atoms with E-state index in [2.05, 4.69) is 10.2 Å². The van der Waals surface area contributed by atoms with Gasteiger partial charge in [-0.2, -0.15) is 5.10 Å². The zero-order valence-corrected chi connectivity index (χ0v) is 16.8. The Balaban J connectivity index is 1.94. The molecule has 4 rings (SSSR count). The van der Waals surface area contributed by atoms with Gasteiger partial charge in [0.2, 0.25) is 0 Å². The van der Waals surface area contributed by atoms with E-state index in [0.717, 1.165) is 22.4 Å². The average Bonchev–Trinajstić information content (AvgIpc) is 3.15. The molecule has 27 heavy (non-hydrogen) atoms. The number of benzene rings is 2. The van der Waals surface area contributed by atoms with E-state index in [1.54, 1.807) is 12.1 Å². The van der Waals surface area contributed by atoms with Crippen molar-refractivity contribution in [1.82, 2.24) is 15.1 Å². The monoisotopic (exact) mass is 399 g/mol. The first kappa shape index (κ1) is 18.1. The van der Waals surface area contributed by atoms with Gasteiger partial charge in [-0.3, -0.25) is 9.89 Å². The molecule has 1 atom stereocenters. The summed E-state index contributed by atoms with van der Waals surface area (Å²) in [5, 5.41) is 8.52. The van der Waals surface area contributed by atoms with Crippen LogP contribution in [0, 0.1) is 6.92 Å². The van der Waals surface area contributed by atoms with E-state index in [4.69, 9.17) is 23.2 Å². The van der Waals surface area contributed by atoms with Gasteiger partial charge in [-0.15, -0.1) is 0 Å². The number of aryl methyl sites for hydroxylation is 1. The Labute approximate surface area is 168 Å². The number of aromatic amines is 1. The van der Waals surface area contributed by atoms with Crippen LogP contribution in [-0.4, -0.2) is 27.0 Å². The van der Waals surface area contributed by atoms with Crippen molar-refractivity contribution < 1.29 is 4.79 Å². The topological polar surface area (TPSA) is 49.0 Å². The van der Waals surface area contributed by atoms with Crippen molar-refractivity contribution >= 4 is 29.1 Å². The van der Waals surface area contributed by atoms with E-state index >= 15 is 0 Å². The number of carbonyl (C=O) groups is 1. The minimum atomic E-state index is -0.313. The van der Waals surface area contributed by atoms with E-state index < -0.39 is 0 Å². The van der Waals surface area contributed by atoms with Crippen LogP contribution < -0.4 is 0 Å². The molecule has 1 N–H and O–H groups in total. The maximum atomic E-state index is 13.1. The number of fused-ring (bicyclic) bond motifs is 1. The summed E-state index contributed by atoms with van der Waals surface area (Å²) in [4.78, 5) is 14.9. The standard InChI is InChI=1S/C21H19Cl2N3O/c1-11(2)26-20(15-9-8-14(22)10-16(15)23)17-18(24-25-19(17)21(26)27)13-6-4-12(3)5-7-13/h4-11,20H,1-3H3,(H,24,25). The third kappa shape index (κ3) is 2.93. The molecular formula is C21H19Cl2N3O. The summed E-state index contributed by atoms with van der Waals surface area (Å²) in [7, 11) is 0. The summed E-state index contributed by atoms with van der Waals surface area (Å²) in [5.74, 6) is -0.0677. The minimum Gasteiger partial charge on any atom is -0.324 e. The van der Waals surface area contributed by atoms with Crippen molar-refractivity contribution in [3.63, 3.8) is 0 Å². The number of hydrogen-bond acceptors (Lipinski definition) is 2. The van der Waals surface area contributed by atoms with Gasteiger partial charge >= 0.3 is 0 Å². The van der Waals surface area contributed by atoms with E-state index in [1.807, 2.05) is 56.0 Å². The van der Waals surface area contributed by atoms with E-state index in [1.165, 1.54) is 5.56 Å². The minimum absolute atomic E-state index is 0.000845. The lowest BCUT2D eigenvalue weighted by Crippen LogP contribution is -2.35. The highest BCUT2D eigenvalue weighted by atomic mass is 35.5. The summed E-state index contributed by atoms with van der Waals surface area (Å²) in [6.07, 6.45) is 0. The first-order valence-corrected chi connectivity index (χ1v) is 9.57. The van der Waals surface area contributed by atoms with Crippen LogP contribution in [0.25, 0.3) is 11.3 Å². The molecule has 1 unspecified atom stereocenters. The van der Waals surface area contributed by atoms with Crippen molar-refractivity contribution in [2.45, 2.75) is 32.9 Å². The number of nitrogens with one attached hydrogen (secondary N) is 1. The Kier molecular flexibility index (Phi) is 4.49. The number of aromatic nitrogens is 2. The molecule has 2 heterocycles. The number of carbonyl (C=O) groups excluding carboxylic acids is 1. The van der Waals surface area contributed by atoms with E-state index in [0.29, 0.717) is 15.7 Å². The number of H-pyrrole nitrogens is 1. The van der Waals surface area contributed by atoms with Gasteiger partial charge in [-0.25, -0.2) is 0 Å². The molecular weight excluding hydrogens is 381 g/mol. The predicted molar refractivity (Wildman–Crippen MR) is 108 cm³/mol. The Bertz CT molecular complexity index is 1020. The lowest BCUT2D eigenvalue weighted by Gasteiger charge is -2.30. The molecule has 1 amide bonds. The fourth-order valence-corrected chi connectivity index (χ4v) is 4.17. The predicted octanol–water partition coefficient (Wildman–Crippen LogP) is 5.65. The SMILES string of the molecule is Cc1ccc(-c2n[nH]c3c2C(c2ccc(Cl)cc2Cl)N(C(C)C)C3=O)cc1. The molecule has 2 aromatic carbocycles. The number of rotatable bonds is 3. The summed E-state index contributed by atoms with van der Waals surface area (Å²) < 4.78 is 0. The lowest BCUT2D eigenvalue weighted by atomic mass is 9.95.